The predicted octanol–water partition coefficient (Wildman–Crippen LogP) is 7.15. The standard InChI is InChI=1S/C38H45BClNO6/c1-35(2,3)45-33(42)16-12-25-11-15-32-30(21-25)38(24-44-32)17-19-41(20-18-38)34(43)27-13-14-31(40)29(23-27)26-9-8-10-28(22-26)39-46-36(4,5)37(6,7)47-39/h8-11,13-15,21-23H,12,16-20,24H2,1-7H3. The Morgan fingerprint density at radius 2 is 1.64 bits per heavy atom. The second-order valence-corrected chi connectivity index (χ2v) is 15.6. The number of carbonyl (C=O) groups excluding carboxylic acids is 2. The summed E-state index contributed by atoms with van der Waals surface area (Å²) in [5.74, 6) is 0.694. The molecule has 3 aliphatic rings. The van der Waals surface area contributed by atoms with E-state index in [4.69, 9.17) is 30.4 Å². The van der Waals surface area contributed by atoms with Crippen LogP contribution in [0.3, 0.4) is 0 Å². The molecule has 9 heteroatoms. The van der Waals surface area contributed by atoms with Crippen LogP contribution in [0.2, 0.25) is 5.02 Å². The number of carbonyl (C=O) groups is 2. The molecule has 1 amide bonds. The molecular formula is C38H45BClNO6. The van der Waals surface area contributed by atoms with E-state index in [2.05, 4.69) is 6.07 Å². The van der Waals surface area contributed by atoms with Crippen LogP contribution in [-0.2, 0) is 30.7 Å². The Hall–Kier alpha value is -3.33. The van der Waals surface area contributed by atoms with E-state index in [9.17, 15) is 9.59 Å². The van der Waals surface area contributed by atoms with E-state index in [1.165, 1.54) is 5.56 Å². The minimum absolute atomic E-state index is 0.00914. The van der Waals surface area contributed by atoms with Crippen LogP contribution in [0.4, 0.5) is 0 Å². The van der Waals surface area contributed by atoms with E-state index < -0.39 is 23.9 Å². The summed E-state index contributed by atoms with van der Waals surface area (Å²) in [5, 5.41) is 0.576. The first-order chi connectivity index (χ1) is 22.1. The highest BCUT2D eigenvalue weighted by molar-refractivity contribution is 6.62. The van der Waals surface area contributed by atoms with Crippen LogP contribution in [0.1, 0.15) is 89.2 Å². The van der Waals surface area contributed by atoms with Crippen LogP contribution in [-0.4, -0.2) is 60.4 Å². The maximum Gasteiger partial charge on any atom is 0.494 e. The fourth-order valence-corrected chi connectivity index (χ4v) is 6.88. The van der Waals surface area contributed by atoms with Gasteiger partial charge in [-0.3, -0.25) is 9.59 Å². The molecule has 0 bridgehead atoms. The number of fused-ring (bicyclic) bond motifs is 2. The fourth-order valence-electron chi connectivity index (χ4n) is 6.65. The Balaban J connectivity index is 1.14. The molecule has 47 heavy (non-hydrogen) atoms. The highest BCUT2D eigenvalue weighted by atomic mass is 35.5. The number of hydrogen-bond acceptors (Lipinski definition) is 6. The van der Waals surface area contributed by atoms with E-state index in [0.717, 1.165) is 40.7 Å². The number of rotatable bonds is 6. The number of esters is 1. The van der Waals surface area contributed by atoms with Gasteiger partial charge in [-0.05, 0) is 109 Å². The van der Waals surface area contributed by atoms with Gasteiger partial charge < -0.3 is 23.7 Å². The van der Waals surface area contributed by atoms with Crippen molar-refractivity contribution in [2.24, 2.45) is 0 Å². The van der Waals surface area contributed by atoms with Crippen molar-refractivity contribution in [3.8, 4) is 16.9 Å². The highest BCUT2D eigenvalue weighted by Crippen LogP contribution is 2.46. The number of hydrogen-bond donors (Lipinski definition) is 0. The molecule has 0 atom stereocenters. The molecule has 0 aliphatic carbocycles. The van der Waals surface area contributed by atoms with E-state index >= 15 is 0 Å². The van der Waals surface area contributed by atoms with Gasteiger partial charge in [-0.15, -0.1) is 0 Å². The van der Waals surface area contributed by atoms with Crippen LogP contribution in [0.5, 0.6) is 5.75 Å². The summed E-state index contributed by atoms with van der Waals surface area (Å²) in [6, 6.07) is 19.7. The van der Waals surface area contributed by atoms with Crippen molar-refractivity contribution in [2.45, 2.75) is 96.4 Å². The third-order valence-electron chi connectivity index (χ3n) is 10.1. The monoisotopic (exact) mass is 657 g/mol. The molecule has 0 radical (unpaired) electrons. The Morgan fingerprint density at radius 3 is 2.32 bits per heavy atom. The van der Waals surface area contributed by atoms with E-state index in [1.807, 2.05) is 102 Å². The first-order valence-electron chi connectivity index (χ1n) is 16.6. The number of benzene rings is 3. The van der Waals surface area contributed by atoms with Gasteiger partial charge >= 0.3 is 13.1 Å². The summed E-state index contributed by atoms with van der Waals surface area (Å²) >= 11 is 6.71. The lowest BCUT2D eigenvalue weighted by atomic mass is 9.74. The molecule has 248 valence electrons. The molecule has 3 aromatic carbocycles. The second-order valence-electron chi connectivity index (χ2n) is 15.2. The average Bonchev–Trinajstić information content (AvgIpc) is 3.47. The molecular weight excluding hydrogens is 613 g/mol. The zero-order valence-electron chi connectivity index (χ0n) is 28.6. The van der Waals surface area contributed by atoms with Gasteiger partial charge in [0.2, 0.25) is 0 Å². The van der Waals surface area contributed by atoms with Gasteiger partial charge in [-0.2, -0.15) is 0 Å². The number of likely N-dealkylation sites (tertiary alicyclic amines) is 1. The van der Waals surface area contributed by atoms with Crippen molar-refractivity contribution in [2.75, 3.05) is 19.7 Å². The molecule has 0 N–H and O–H groups in total. The number of amides is 1. The van der Waals surface area contributed by atoms with Crippen LogP contribution in [0, 0.1) is 0 Å². The maximum atomic E-state index is 13.8. The Labute approximate surface area is 284 Å². The quantitative estimate of drug-likeness (QED) is 0.207. The molecule has 2 fully saturated rings. The van der Waals surface area contributed by atoms with Crippen LogP contribution < -0.4 is 10.2 Å². The molecule has 0 aromatic heterocycles. The molecule has 2 saturated heterocycles. The Morgan fingerprint density at radius 1 is 0.936 bits per heavy atom. The molecule has 3 aliphatic heterocycles. The minimum atomic E-state index is -0.494. The number of piperidine rings is 1. The number of aryl methyl sites for hydroxylation is 1. The van der Waals surface area contributed by atoms with Gasteiger partial charge in [0, 0.05) is 46.6 Å². The van der Waals surface area contributed by atoms with E-state index in [-0.39, 0.29) is 17.3 Å². The molecule has 0 unspecified atom stereocenters. The fraction of sp³-hybridized carbons (Fsp3) is 0.474. The lowest BCUT2D eigenvalue weighted by Gasteiger charge is -2.38. The van der Waals surface area contributed by atoms with Gasteiger partial charge in [0.05, 0.1) is 17.8 Å². The lowest BCUT2D eigenvalue weighted by molar-refractivity contribution is -0.154. The van der Waals surface area contributed by atoms with Gasteiger partial charge in [0.1, 0.15) is 11.4 Å². The summed E-state index contributed by atoms with van der Waals surface area (Å²) in [4.78, 5) is 28.1. The summed E-state index contributed by atoms with van der Waals surface area (Å²) < 4.78 is 24.2. The Kier molecular flexibility index (Phi) is 8.77. The first kappa shape index (κ1) is 33.6. The maximum absolute atomic E-state index is 13.8. The first-order valence-corrected chi connectivity index (χ1v) is 17.0. The summed E-state index contributed by atoms with van der Waals surface area (Å²) in [6.45, 7) is 15.6. The molecule has 3 aromatic rings. The van der Waals surface area contributed by atoms with E-state index in [0.29, 0.717) is 43.1 Å². The van der Waals surface area contributed by atoms with Crippen LogP contribution in [0.15, 0.2) is 60.7 Å². The van der Waals surface area contributed by atoms with Crippen molar-refractivity contribution in [3.63, 3.8) is 0 Å². The van der Waals surface area contributed by atoms with E-state index in [1.54, 1.807) is 6.07 Å². The average molecular weight is 658 g/mol. The van der Waals surface area contributed by atoms with Crippen molar-refractivity contribution < 1.29 is 28.4 Å². The summed E-state index contributed by atoms with van der Waals surface area (Å²) in [6.07, 6.45) is 2.55. The minimum Gasteiger partial charge on any atom is -0.492 e. The highest BCUT2D eigenvalue weighted by Gasteiger charge is 2.51. The molecule has 0 saturated carbocycles. The SMILES string of the molecule is CC(C)(C)OC(=O)CCc1ccc2c(c1)C1(CCN(C(=O)c3ccc(Cl)c(-c4cccc(B5OC(C)(C)C(C)(C)O5)c4)c3)CC1)CO2. The van der Waals surface area contributed by atoms with Crippen molar-refractivity contribution in [1.29, 1.82) is 0 Å². The molecule has 3 heterocycles. The summed E-state index contributed by atoms with van der Waals surface area (Å²) in [7, 11) is -0.491. The largest absolute Gasteiger partial charge is 0.494 e. The molecule has 1 spiro atoms. The summed E-state index contributed by atoms with van der Waals surface area (Å²) in [5.41, 5.74) is 3.95. The molecule has 7 nitrogen and oxygen atoms in total. The number of ether oxygens (including phenoxy) is 2. The Bertz CT molecular complexity index is 1670. The van der Waals surface area contributed by atoms with Gasteiger partial charge in [-0.1, -0.05) is 48.0 Å². The van der Waals surface area contributed by atoms with Crippen molar-refractivity contribution >= 4 is 36.1 Å². The van der Waals surface area contributed by atoms with Crippen LogP contribution >= 0.6 is 11.6 Å². The zero-order chi connectivity index (χ0) is 33.8. The number of nitrogens with zero attached hydrogens (tertiary/aromatic N) is 1. The smallest absolute Gasteiger partial charge is 0.492 e. The predicted molar refractivity (Wildman–Crippen MR) is 186 cm³/mol. The lowest BCUT2D eigenvalue weighted by Crippen LogP contribution is -2.46. The van der Waals surface area contributed by atoms with Gasteiger partial charge in [-0.25, -0.2) is 0 Å². The van der Waals surface area contributed by atoms with Crippen LogP contribution in [0.25, 0.3) is 11.1 Å². The van der Waals surface area contributed by atoms with Crippen molar-refractivity contribution in [1.82, 2.24) is 4.90 Å². The third kappa shape index (κ3) is 6.83. The van der Waals surface area contributed by atoms with Gasteiger partial charge in [0.15, 0.2) is 0 Å². The van der Waals surface area contributed by atoms with Crippen molar-refractivity contribution in [3.05, 3.63) is 82.4 Å². The normalized spacial score (nSPS) is 19.4. The third-order valence-corrected chi connectivity index (χ3v) is 10.4. The molecule has 6 rings (SSSR count). The number of halogens is 1. The zero-order valence-corrected chi connectivity index (χ0v) is 29.3. The van der Waals surface area contributed by atoms with Gasteiger partial charge in [0.25, 0.3) is 5.91 Å². The topological polar surface area (TPSA) is 74.3 Å². The second kappa shape index (κ2) is 12.3.